The summed E-state index contributed by atoms with van der Waals surface area (Å²) in [5.41, 5.74) is 4.12. The number of benzene rings is 3. The molecule has 0 saturated carbocycles. The third-order valence-corrected chi connectivity index (χ3v) is 7.05. The molecule has 3 aromatic rings. The van der Waals surface area contributed by atoms with Crippen LogP contribution in [0.3, 0.4) is 0 Å². The smallest absolute Gasteiger partial charge is 0.123 e. The van der Waals surface area contributed by atoms with Gasteiger partial charge in [0.15, 0.2) is 0 Å². The van der Waals surface area contributed by atoms with E-state index in [0.29, 0.717) is 18.0 Å². The van der Waals surface area contributed by atoms with Crippen molar-refractivity contribution in [1.82, 2.24) is 9.80 Å². The van der Waals surface area contributed by atoms with Crippen molar-refractivity contribution >= 4 is 0 Å². The van der Waals surface area contributed by atoms with Crippen molar-refractivity contribution in [2.75, 3.05) is 26.7 Å². The van der Waals surface area contributed by atoms with Gasteiger partial charge in [0.1, 0.15) is 5.75 Å². The number of rotatable bonds is 6. The van der Waals surface area contributed by atoms with Crippen LogP contribution in [0.25, 0.3) is 0 Å². The molecule has 3 aromatic carbocycles. The molecule has 3 nitrogen and oxygen atoms in total. The second-order valence-corrected chi connectivity index (χ2v) is 8.91. The lowest BCUT2D eigenvalue weighted by atomic mass is 9.82. The first-order chi connectivity index (χ1) is 15.3. The molecule has 2 fully saturated rings. The van der Waals surface area contributed by atoms with Gasteiger partial charge in [-0.1, -0.05) is 78.9 Å². The van der Waals surface area contributed by atoms with Crippen LogP contribution in [0.1, 0.15) is 35.4 Å². The largest absolute Gasteiger partial charge is 0.496 e. The van der Waals surface area contributed by atoms with Crippen LogP contribution in [0.5, 0.6) is 5.75 Å². The number of ether oxygens (including phenoxy) is 1. The number of fused-ring (bicyclic) bond motifs is 1. The van der Waals surface area contributed by atoms with E-state index in [1.54, 1.807) is 7.11 Å². The van der Waals surface area contributed by atoms with Crippen LogP contribution in [0.15, 0.2) is 84.9 Å². The molecular formula is C28H32N2O. The maximum Gasteiger partial charge on any atom is 0.123 e. The second-order valence-electron chi connectivity index (χ2n) is 8.91. The predicted molar refractivity (Wildman–Crippen MR) is 127 cm³/mol. The third-order valence-electron chi connectivity index (χ3n) is 7.05. The summed E-state index contributed by atoms with van der Waals surface area (Å²) in [6, 6.07) is 31.8. The third kappa shape index (κ3) is 4.26. The summed E-state index contributed by atoms with van der Waals surface area (Å²) < 4.78 is 5.65. The molecular weight excluding hydrogens is 380 g/mol. The number of hydrogen-bond acceptors (Lipinski definition) is 3. The molecule has 2 aliphatic heterocycles. The molecule has 0 spiro atoms. The van der Waals surface area contributed by atoms with Gasteiger partial charge in [-0.2, -0.15) is 0 Å². The number of hydrogen-bond donors (Lipinski definition) is 0. The molecule has 2 aliphatic rings. The average Bonchev–Trinajstić information content (AvgIpc) is 3.30. The van der Waals surface area contributed by atoms with Crippen molar-refractivity contribution in [3.63, 3.8) is 0 Å². The highest BCUT2D eigenvalue weighted by Gasteiger charge is 2.41. The molecule has 5 rings (SSSR count). The average molecular weight is 413 g/mol. The van der Waals surface area contributed by atoms with Crippen LogP contribution in [-0.4, -0.2) is 48.6 Å². The van der Waals surface area contributed by atoms with E-state index < -0.39 is 0 Å². The van der Waals surface area contributed by atoms with Crippen LogP contribution >= 0.6 is 0 Å². The van der Waals surface area contributed by atoms with Crippen molar-refractivity contribution in [2.45, 2.75) is 37.4 Å². The minimum absolute atomic E-state index is 0.378. The van der Waals surface area contributed by atoms with E-state index in [0.717, 1.165) is 25.4 Å². The maximum absolute atomic E-state index is 5.65. The molecule has 2 saturated heterocycles. The Balaban J connectivity index is 1.49. The topological polar surface area (TPSA) is 15.7 Å². The fourth-order valence-electron chi connectivity index (χ4n) is 5.69. The van der Waals surface area contributed by atoms with Crippen LogP contribution in [0.2, 0.25) is 0 Å². The Morgan fingerprint density at radius 2 is 1.48 bits per heavy atom. The van der Waals surface area contributed by atoms with Crippen LogP contribution in [0, 0.1) is 0 Å². The van der Waals surface area contributed by atoms with E-state index in [1.165, 1.54) is 36.1 Å². The monoisotopic (exact) mass is 412 g/mol. The Morgan fingerprint density at radius 3 is 2.16 bits per heavy atom. The predicted octanol–water partition coefficient (Wildman–Crippen LogP) is 5.18. The second kappa shape index (κ2) is 9.25. The SMILES string of the molecule is COc1ccccc1CN1CC2CCCN2C(C(c2ccccc2)c2ccccc2)C1. The summed E-state index contributed by atoms with van der Waals surface area (Å²) in [7, 11) is 1.78. The number of methoxy groups -OCH3 is 1. The lowest BCUT2D eigenvalue weighted by Crippen LogP contribution is -2.57. The van der Waals surface area contributed by atoms with E-state index in [9.17, 15) is 0 Å². The zero-order chi connectivity index (χ0) is 21.0. The molecule has 0 amide bonds. The molecule has 2 atom stereocenters. The van der Waals surface area contributed by atoms with Crippen LogP contribution in [0.4, 0.5) is 0 Å². The van der Waals surface area contributed by atoms with Gasteiger partial charge >= 0.3 is 0 Å². The molecule has 0 bridgehead atoms. The van der Waals surface area contributed by atoms with E-state index in [-0.39, 0.29) is 0 Å². The first-order valence-electron chi connectivity index (χ1n) is 11.5. The highest BCUT2D eigenvalue weighted by molar-refractivity contribution is 5.36. The summed E-state index contributed by atoms with van der Waals surface area (Å²) in [6.45, 7) is 4.38. The van der Waals surface area contributed by atoms with Crippen LogP contribution < -0.4 is 4.74 Å². The molecule has 0 aromatic heterocycles. The summed E-state index contributed by atoms with van der Waals surface area (Å²) in [5.74, 6) is 1.37. The van der Waals surface area contributed by atoms with Gasteiger partial charge in [0, 0.05) is 43.2 Å². The summed E-state index contributed by atoms with van der Waals surface area (Å²) in [4.78, 5) is 5.47. The number of piperazine rings is 1. The number of nitrogens with zero attached hydrogens (tertiary/aromatic N) is 2. The fourth-order valence-corrected chi connectivity index (χ4v) is 5.69. The van der Waals surface area contributed by atoms with Crippen molar-refractivity contribution in [3.05, 3.63) is 102 Å². The summed E-state index contributed by atoms with van der Waals surface area (Å²) >= 11 is 0. The van der Waals surface area contributed by atoms with Gasteiger partial charge in [-0.25, -0.2) is 0 Å². The Bertz CT molecular complexity index is 935. The van der Waals surface area contributed by atoms with Crippen LogP contribution in [-0.2, 0) is 6.54 Å². The standard InChI is InChI=1S/C28H32N2O/c1-31-27-17-9-8-15-24(27)19-29-20-25-16-10-18-30(25)26(21-29)28(22-11-4-2-5-12-22)23-13-6-3-7-14-23/h2-9,11-15,17,25-26,28H,10,16,18-21H2,1H3. The first kappa shape index (κ1) is 20.3. The van der Waals surface area contributed by atoms with Gasteiger partial charge in [-0.3, -0.25) is 9.80 Å². The highest BCUT2D eigenvalue weighted by atomic mass is 16.5. The molecule has 0 N–H and O–H groups in total. The summed E-state index contributed by atoms with van der Waals surface area (Å²) in [6.07, 6.45) is 2.61. The van der Waals surface area contributed by atoms with Crippen molar-refractivity contribution in [1.29, 1.82) is 0 Å². The van der Waals surface area contributed by atoms with Gasteiger partial charge in [-0.15, -0.1) is 0 Å². The quantitative estimate of drug-likeness (QED) is 0.555. The van der Waals surface area contributed by atoms with Gasteiger partial charge in [0.05, 0.1) is 7.11 Å². The minimum Gasteiger partial charge on any atom is -0.496 e. The zero-order valence-electron chi connectivity index (χ0n) is 18.4. The molecule has 0 aliphatic carbocycles. The molecule has 160 valence electrons. The van der Waals surface area contributed by atoms with Crippen molar-refractivity contribution in [2.24, 2.45) is 0 Å². The first-order valence-corrected chi connectivity index (χ1v) is 11.5. The van der Waals surface area contributed by atoms with Gasteiger partial charge < -0.3 is 4.74 Å². The van der Waals surface area contributed by atoms with Crippen molar-refractivity contribution < 1.29 is 4.74 Å². The fraction of sp³-hybridized carbons (Fsp3) is 0.357. The lowest BCUT2D eigenvalue weighted by Gasteiger charge is -2.47. The van der Waals surface area contributed by atoms with Crippen molar-refractivity contribution in [3.8, 4) is 5.75 Å². The molecule has 0 radical (unpaired) electrons. The molecule has 2 unspecified atom stereocenters. The maximum atomic E-state index is 5.65. The van der Waals surface area contributed by atoms with Gasteiger partial charge in [-0.05, 0) is 36.6 Å². The summed E-state index contributed by atoms with van der Waals surface area (Å²) in [5, 5.41) is 0. The Kier molecular flexibility index (Phi) is 6.06. The van der Waals surface area contributed by atoms with E-state index >= 15 is 0 Å². The Morgan fingerprint density at radius 1 is 0.839 bits per heavy atom. The molecule has 2 heterocycles. The van der Waals surface area contributed by atoms with Gasteiger partial charge in [0.2, 0.25) is 0 Å². The molecule has 3 heteroatoms. The number of para-hydroxylation sites is 1. The van der Waals surface area contributed by atoms with E-state index in [4.69, 9.17) is 4.74 Å². The van der Waals surface area contributed by atoms with Gasteiger partial charge in [0.25, 0.3) is 0 Å². The molecule has 31 heavy (non-hydrogen) atoms. The highest BCUT2D eigenvalue weighted by Crippen LogP contribution is 2.38. The Hall–Kier alpha value is -2.62. The van der Waals surface area contributed by atoms with E-state index in [2.05, 4.69) is 94.7 Å². The minimum atomic E-state index is 0.378. The zero-order valence-corrected chi connectivity index (χ0v) is 18.4. The normalized spacial score (nSPS) is 21.9. The Labute approximate surface area is 186 Å². The lowest BCUT2D eigenvalue weighted by molar-refractivity contribution is 0.0380. The van der Waals surface area contributed by atoms with E-state index in [1.807, 2.05) is 0 Å².